The third-order valence-electron chi connectivity index (χ3n) is 6.82. The molecule has 0 atom stereocenters. The minimum Gasteiger partial charge on any atom is -0.495 e. The summed E-state index contributed by atoms with van der Waals surface area (Å²) in [5.74, 6) is 0.155. The van der Waals surface area contributed by atoms with Gasteiger partial charge >= 0.3 is 6.09 Å². The molecule has 10 nitrogen and oxygen atoms in total. The number of ether oxygens (including phenoxy) is 2. The molecule has 0 bridgehead atoms. The first-order valence-corrected chi connectivity index (χ1v) is 14.8. The van der Waals surface area contributed by atoms with Gasteiger partial charge in [0.25, 0.3) is 0 Å². The zero-order valence-electron chi connectivity index (χ0n) is 24.1. The van der Waals surface area contributed by atoms with Crippen LogP contribution < -0.4 is 10.1 Å². The van der Waals surface area contributed by atoms with E-state index in [0.29, 0.717) is 42.4 Å². The van der Waals surface area contributed by atoms with Crippen LogP contribution in [0.25, 0.3) is 16.9 Å². The van der Waals surface area contributed by atoms with Crippen LogP contribution in [0.4, 0.5) is 15.0 Å². The number of hydrogen-bond donors (Lipinski definition) is 1. The quantitative estimate of drug-likeness (QED) is 0.400. The van der Waals surface area contributed by atoms with Crippen molar-refractivity contribution in [3.8, 4) is 17.0 Å². The third kappa shape index (κ3) is 6.32. The van der Waals surface area contributed by atoms with Gasteiger partial charge in [-0.1, -0.05) is 0 Å². The number of nitrogens with one attached hydrogen (secondary N) is 1. The Morgan fingerprint density at radius 2 is 1.80 bits per heavy atom. The number of halogens is 1. The second-order valence-corrected chi connectivity index (χ2v) is 14.7. The number of carbonyl (C=O) groups excluding carboxylic acids is 1. The number of methoxy groups -OCH3 is 1. The predicted molar refractivity (Wildman–Crippen MR) is 151 cm³/mol. The summed E-state index contributed by atoms with van der Waals surface area (Å²) in [6, 6.07) is 4.56. The Morgan fingerprint density at radius 3 is 2.40 bits per heavy atom. The summed E-state index contributed by atoms with van der Waals surface area (Å²) in [5, 5.41) is 3.23. The van der Waals surface area contributed by atoms with Gasteiger partial charge in [-0.2, -0.15) is 4.39 Å². The van der Waals surface area contributed by atoms with Crippen molar-refractivity contribution in [2.24, 2.45) is 5.92 Å². The highest BCUT2D eigenvalue weighted by Crippen LogP contribution is 2.34. The van der Waals surface area contributed by atoms with E-state index in [9.17, 15) is 17.6 Å². The van der Waals surface area contributed by atoms with E-state index >= 15 is 0 Å². The zero-order valence-corrected chi connectivity index (χ0v) is 24.9. The lowest BCUT2D eigenvalue weighted by Crippen LogP contribution is -2.42. The van der Waals surface area contributed by atoms with Crippen LogP contribution >= 0.6 is 0 Å². The molecular formula is C28H38FN5O5S. The van der Waals surface area contributed by atoms with Crippen LogP contribution in [-0.4, -0.2) is 70.9 Å². The van der Waals surface area contributed by atoms with Crippen molar-refractivity contribution in [3.63, 3.8) is 0 Å². The lowest BCUT2D eigenvalue weighted by Gasteiger charge is -2.33. The van der Waals surface area contributed by atoms with Gasteiger partial charge in [-0.3, -0.25) is 4.40 Å². The van der Waals surface area contributed by atoms with E-state index < -0.39 is 26.1 Å². The van der Waals surface area contributed by atoms with Gasteiger partial charge in [0.1, 0.15) is 27.7 Å². The number of rotatable bonds is 6. The largest absolute Gasteiger partial charge is 0.495 e. The number of fused-ring (bicyclic) bond motifs is 1. The Hall–Kier alpha value is -3.41. The average molecular weight is 576 g/mol. The fraction of sp³-hybridized carbons (Fsp3) is 0.536. The fourth-order valence-electron chi connectivity index (χ4n) is 4.52. The molecule has 0 radical (unpaired) electrons. The number of piperidine rings is 1. The predicted octanol–water partition coefficient (Wildman–Crippen LogP) is 5.18. The number of imidazole rings is 1. The van der Waals surface area contributed by atoms with Gasteiger partial charge in [0.05, 0.1) is 23.7 Å². The van der Waals surface area contributed by atoms with Crippen molar-refractivity contribution in [1.82, 2.24) is 19.3 Å². The molecule has 3 aromatic rings. The highest BCUT2D eigenvalue weighted by Gasteiger charge is 2.34. The molecule has 1 N–H and O–H groups in total. The van der Waals surface area contributed by atoms with Crippen molar-refractivity contribution in [2.75, 3.05) is 32.1 Å². The monoisotopic (exact) mass is 575 g/mol. The van der Waals surface area contributed by atoms with Crippen molar-refractivity contribution in [2.45, 2.75) is 69.6 Å². The summed E-state index contributed by atoms with van der Waals surface area (Å²) in [5.41, 5.74) is 0.929. The first-order valence-electron chi connectivity index (χ1n) is 13.3. The van der Waals surface area contributed by atoms with E-state index in [0.717, 1.165) is 12.8 Å². The number of carbonyl (C=O) groups is 1. The SMILES string of the molecule is COc1cc2ncc(-c3cc(F)nc(NCC4CCN(C(=O)OC(C)(C)C)CC4)c3)n2cc1S(=O)(=O)C(C)(C)C. The lowest BCUT2D eigenvalue weighted by atomic mass is 9.97. The van der Waals surface area contributed by atoms with Crippen LogP contribution in [0.15, 0.2) is 35.5 Å². The molecular weight excluding hydrogens is 537 g/mol. The van der Waals surface area contributed by atoms with Gasteiger partial charge in [-0.25, -0.2) is 23.2 Å². The Labute approximate surface area is 234 Å². The standard InChI is InChI=1S/C28H38FN5O5S/c1-27(2,3)39-26(35)33-10-8-18(9-11-33)15-30-24-13-19(12-23(29)32-24)20-16-31-25-14-21(38-7)22(17-34(20)25)40(36,37)28(4,5)6/h12-14,16-18H,8-11,15H2,1-7H3,(H,30,32). The molecule has 0 saturated carbocycles. The summed E-state index contributed by atoms with van der Waals surface area (Å²) in [6.07, 6.45) is 4.30. The summed E-state index contributed by atoms with van der Waals surface area (Å²) >= 11 is 0. The molecule has 1 fully saturated rings. The number of likely N-dealkylation sites (tertiary alicyclic amines) is 1. The van der Waals surface area contributed by atoms with Crippen molar-refractivity contribution in [3.05, 3.63) is 36.5 Å². The van der Waals surface area contributed by atoms with Crippen molar-refractivity contribution in [1.29, 1.82) is 0 Å². The summed E-state index contributed by atoms with van der Waals surface area (Å²) in [6.45, 7) is 12.2. The topological polar surface area (TPSA) is 115 Å². The van der Waals surface area contributed by atoms with Gasteiger partial charge in [0.2, 0.25) is 5.95 Å². The Morgan fingerprint density at radius 1 is 1.12 bits per heavy atom. The van der Waals surface area contributed by atoms with E-state index in [1.54, 1.807) is 48.4 Å². The van der Waals surface area contributed by atoms with Gasteiger partial charge in [0.15, 0.2) is 9.84 Å². The van der Waals surface area contributed by atoms with Gasteiger partial charge in [-0.05, 0) is 66.4 Å². The molecule has 4 rings (SSSR count). The molecule has 1 aliphatic heterocycles. The van der Waals surface area contributed by atoms with Crippen molar-refractivity contribution >= 4 is 27.4 Å². The molecule has 218 valence electrons. The Bertz CT molecular complexity index is 1500. The summed E-state index contributed by atoms with van der Waals surface area (Å²) in [4.78, 5) is 22.5. The Kier molecular flexibility index (Phi) is 8.04. The first-order chi connectivity index (χ1) is 18.6. The molecule has 4 heterocycles. The van der Waals surface area contributed by atoms with Crippen LogP contribution in [0, 0.1) is 11.9 Å². The molecule has 1 aliphatic rings. The van der Waals surface area contributed by atoms with Gasteiger partial charge in [0, 0.05) is 43.5 Å². The molecule has 0 spiro atoms. The highest BCUT2D eigenvalue weighted by molar-refractivity contribution is 7.92. The average Bonchev–Trinajstić information content (AvgIpc) is 3.28. The fourth-order valence-corrected chi connectivity index (χ4v) is 5.83. The summed E-state index contributed by atoms with van der Waals surface area (Å²) < 4.78 is 52.6. The van der Waals surface area contributed by atoms with E-state index in [2.05, 4.69) is 15.3 Å². The van der Waals surface area contributed by atoms with E-state index in [4.69, 9.17) is 9.47 Å². The lowest BCUT2D eigenvalue weighted by molar-refractivity contribution is 0.0188. The van der Waals surface area contributed by atoms with Crippen LogP contribution in [0.5, 0.6) is 5.75 Å². The molecule has 3 aromatic heterocycles. The second-order valence-electron chi connectivity index (χ2n) is 12.0. The van der Waals surface area contributed by atoms with E-state index in [1.165, 1.54) is 19.4 Å². The minimum absolute atomic E-state index is 0.0276. The first kappa shape index (κ1) is 29.6. The molecule has 1 saturated heterocycles. The molecule has 0 unspecified atom stereocenters. The number of sulfone groups is 1. The second kappa shape index (κ2) is 10.9. The van der Waals surface area contributed by atoms with Crippen LogP contribution in [-0.2, 0) is 14.6 Å². The molecule has 1 amide bonds. The van der Waals surface area contributed by atoms with Crippen LogP contribution in [0.1, 0.15) is 54.4 Å². The number of pyridine rings is 2. The minimum atomic E-state index is -3.75. The smallest absolute Gasteiger partial charge is 0.410 e. The van der Waals surface area contributed by atoms with E-state index in [1.807, 2.05) is 20.8 Å². The molecule has 12 heteroatoms. The normalized spacial score (nSPS) is 15.3. The van der Waals surface area contributed by atoms with Crippen LogP contribution in [0.2, 0.25) is 0 Å². The highest BCUT2D eigenvalue weighted by atomic mass is 32.2. The van der Waals surface area contributed by atoms with Gasteiger partial charge in [-0.15, -0.1) is 0 Å². The number of nitrogens with zero attached hydrogens (tertiary/aromatic N) is 4. The van der Waals surface area contributed by atoms with Crippen LogP contribution in [0.3, 0.4) is 0 Å². The zero-order chi connectivity index (χ0) is 29.5. The summed E-state index contributed by atoms with van der Waals surface area (Å²) in [7, 11) is -2.34. The molecule has 0 aliphatic carbocycles. The maximum atomic E-state index is 14.6. The van der Waals surface area contributed by atoms with Crippen molar-refractivity contribution < 1.29 is 27.1 Å². The third-order valence-corrected chi connectivity index (χ3v) is 9.32. The van der Waals surface area contributed by atoms with E-state index in [-0.39, 0.29) is 22.7 Å². The number of hydrogen-bond acceptors (Lipinski definition) is 8. The Balaban J connectivity index is 1.53. The number of aromatic nitrogens is 3. The molecule has 40 heavy (non-hydrogen) atoms. The number of anilines is 1. The maximum absolute atomic E-state index is 14.6. The molecule has 0 aromatic carbocycles. The maximum Gasteiger partial charge on any atom is 0.410 e. The number of amides is 1. The van der Waals surface area contributed by atoms with Gasteiger partial charge < -0.3 is 19.7 Å².